The second-order valence-electron chi connectivity index (χ2n) is 4.15. The molecule has 19 heavy (non-hydrogen) atoms. The normalized spacial score (nSPS) is 10.8. The van der Waals surface area contributed by atoms with E-state index in [2.05, 4.69) is 17.8 Å². The van der Waals surface area contributed by atoms with Gasteiger partial charge in [0.25, 0.3) is 5.56 Å². The first-order chi connectivity index (χ1) is 9.21. The Morgan fingerprint density at radius 3 is 3.00 bits per heavy atom. The van der Waals surface area contributed by atoms with Crippen LogP contribution in [0.5, 0.6) is 0 Å². The maximum atomic E-state index is 12.4. The van der Waals surface area contributed by atoms with Crippen LogP contribution in [0.4, 0.5) is 0 Å². The molecule has 5 heteroatoms. The summed E-state index contributed by atoms with van der Waals surface area (Å²) in [5, 5.41) is 0.665. The molecule has 0 radical (unpaired) electrons. The molecule has 4 nitrogen and oxygen atoms in total. The van der Waals surface area contributed by atoms with Crippen molar-refractivity contribution in [1.82, 2.24) is 9.55 Å². The van der Waals surface area contributed by atoms with Crippen molar-refractivity contribution in [1.29, 1.82) is 0 Å². The SMILES string of the molecule is C#CCn1c(CCOC)nc2sc(CC)cc2c1=O. The van der Waals surface area contributed by atoms with E-state index < -0.39 is 0 Å². The van der Waals surface area contributed by atoms with Crippen molar-refractivity contribution in [2.45, 2.75) is 26.3 Å². The number of fused-ring (bicyclic) bond motifs is 1. The van der Waals surface area contributed by atoms with Gasteiger partial charge in [0.1, 0.15) is 10.7 Å². The fourth-order valence-electron chi connectivity index (χ4n) is 1.92. The van der Waals surface area contributed by atoms with Crippen molar-refractivity contribution in [2.75, 3.05) is 13.7 Å². The quantitative estimate of drug-likeness (QED) is 0.783. The van der Waals surface area contributed by atoms with E-state index in [0.717, 1.165) is 16.1 Å². The molecule has 0 fully saturated rings. The van der Waals surface area contributed by atoms with Crippen molar-refractivity contribution in [3.63, 3.8) is 0 Å². The van der Waals surface area contributed by atoms with Crippen LogP contribution in [-0.2, 0) is 24.1 Å². The smallest absolute Gasteiger partial charge is 0.263 e. The van der Waals surface area contributed by atoms with Crippen molar-refractivity contribution < 1.29 is 4.74 Å². The molecule has 0 saturated heterocycles. The van der Waals surface area contributed by atoms with Crippen molar-refractivity contribution in [3.8, 4) is 12.3 Å². The van der Waals surface area contributed by atoms with Gasteiger partial charge in [-0.25, -0.2) is 4.98 Å². The van der Waals surface area contributed by atoms with Crippen LogP contribution < -0.4 is 5.56 Å². The van der Waals surface area contributed by atoms with E-state index in [1.165, 1.54) is 0 Å². The Kier molecular flexibility index (Phi) is 4.35. The Bertz CT molecular complexity index is 679. The predicted molar refractivity (Wildman–Crippen MR) is 77.7 cm³/mol. The van der Waals surface area contributed by atoms with Crippen molar-refractivity contribution >= 4 is 21.6 Å². The minimum atomic E-state index is -0.0509. The number of aromatic nitrogens is 2. The number of aryl methyl sites for hydroxylation is 1. The Labute approximate surface area is 116 Å². The third-order valence-electron chi connectivity index (χ3n) is 2.91. The molecule has 2 aromatic rings. The summed E-state index contributed by atoms with van der Waals surface area (Å²) in [4.78, 5) is 18.9. The molecular formula is C14H16N2O2S. The van der Waals surface area contributed by atoms with Crippen LogP contribution in [0.3, 0.4) is 0 Å². The third-order valence-corrected chi connectivity index (χ3v) is 4.08. The summed E-state index contributed by atoms with van der Waals surface area (Å²) in [6, 6.07) is 1.92. The molecule has 100 valence electrons. The molecule has 0 atom stereocenters. The van der Waals surface area contributed by atoms with Crippen LogP contribution in [0.1, 0.15) is 17.6 Å². The molecule has 0 amide bonds. The van der Waals surface area contributed by atoms with Gasteiger partial charge < -0.3 is 4.74 Å². The second-order valence-corrected chi connectivity index (χ2v) is 5.27. The van der Waals surface area contributed by atoms with E-state index in [1.807, 2.05) is 6.07 Å². The van der Waals surface area contributed by atoms with Crippen LogP contribution >= 0.6 is 11.3 Å². The topological polar surface area (TPSA) is 44.1 Å². The molecule has 0 bridgehead atoms. The zero-order valence-corrected chi connectivity index (χ0v) is 11.9. The van der Waals surface area contributed by atoms with Crippen LogP contribution in [0.15, 0.2) is 10.9 Å². The molecule has 0 aliphatic heterocycles. The largest absolute Gasteiger partial charge is 0.384 e. The Balaban J connectivity index is 2.61. The highest BCUT2D eigenvalue weighted by Crippen LogP contribution is 2.22. The first-order valence-electron chi connectivity index (χ1n) is 6.15. The zero-order chi connectivity index (χ0) is 13.8. The molecule has 0 spiro atoms. The van der Waals surface area contributed by atoms with E-state index in [0.29, 0.717) is 24.2 Å². The molecular weight excluding hydrogens is 260 g/mol. The summed E-state index contributed by atoms with van der Waals surface area (Å²) in [7, 11) is 1.63. The van der Waals surface area contributed by atoms with Crippen LogP contribution in [0.2, 0.25) is 0 Å². The van der Waals surface area contributed by atoms with Gasteiger partial charge in [0.2, 0.25) is 0 Å². The molecule has 0 saturated carbocycles. The second kappa shape index (κ2) is 6.00. The number of hydrogen-bond donors (Lipinski definition) is 0. The minimum Gasteiger partial charge on any atom is -0.384 e. The number of nitrogens with zero attached hydrogens (tertiary/aromatic N) is 2. The summed E-state index contributed by atoms with van der Waals surface area (Å²) in [6.45, 7) is 2.84. The fourth-order valence-corrected chi connectivity index (χ4v) is 2.90. The molecule has 0 aliphatic rings. The summed E-state index contributed by atoms with van der Waals surface area (Å²) < 4.78 is 6.62. The molecule has 0 unspecified atom stereocenters. The number of methoxy groups -OCH3 is 1. The average molecular weight is 276 g/mol. The van der Waals surface area contributed by atoms with E-state index in [9.17, 15) is 4.79 Å². The predicted octanol–water partition coefficient (Wildman–Crippen LogP) is 1.84. The molecule has 0 aliphatic carbocycles. The summed E-state index contributed by atoms with van der Waals surface area (Å²) in [6.07, 6.45) is 6.83. The monoisotopic (exact) mass is 276 g/mol. The first kappa shape index (κ1) is 13.8. The van der Waals surface area contributed by atoms with Gasteiger partial charge in [0, 0.05) is 18.4 Å². The maximum absolute atomic E-state index is 12.4. The van der Waals surface area contributed by atoms with E-state index >= 15 is 0 Å². The first-order valence-corrected chi connectivity index (χ1v) is 6.97. The Morgan fingerprint density at radius 2 is 2.37 bits per heavy atom. The maximum Gasteiger partial charge on any atom is 0.263 e. The van der Waals surface area contributed by atoms with E-state index in [1.54, 1.807) is 23.0 Å². The fraction of sp³-hybridized carbons (Fsp3) is 0.429. The molecule has 2 rings (SSSR count). The number of ether oxygens (including phenoxy) is 1. The molecule has 2 heterocycles. The highest BCUT2D eigenvalue weighted by Gasteiger charge is 2.12. The Morgan fingerprint density at radius 1 is 1.58 bits per heavy atom. The summed E-state index contributed by atoms with van der Waals surface area (Å²) >= 11 is 1.57. The molecule has 0 N–H and O–H groups in total. The molecule has 2 aromatic heterocycles. The van der Waals surface area contributed by atoms with Crippen LogP contribution in [0, 0.1) is 12.3 Å². The van der Waals surface area contributed by atoms with Gasteiger partial charge in [0.05, 0.1) is 18.5 Å². The van der Waals surface area contributed by atoms with Crippen LogP contribution in [-0.4, -0.2) is 23.3 Å². The van der Waals surface area contributed by atoms with Gasteiger partial charge in [-0.3, -0.25) is 9.36 Å². The average Bonchev–Trinajstić information content (AvgIpc) is 2.83. The van der Waals surface area contributed by atoms with Crippen molar-refractivity contribution in [2.24, 2.45) is 0 Å². The number of thiophene rings is 1. The third kappa shape index (κ3) is 2.70. The van der Waals surface area contributed by atoms with Gasteiger partial charge >= 0.3 is 0 Å². The lowest BCUT2D eigenvalue weighted by molar-refractivity contribution is 0.199. The minimum absolute atomic E-state index is 0.0509. The lowest BCUT2D eigenvalue weighted by Gasteiger charge is -2.08. The van der Waals surface area contributed by atoms with E-state index in [4.69, 9.17) is 11.2 Å². The summed E-state index contributed by atoms with van der Waals surface area (Å²) in [5.41, 5.74) is -0.0509. The highest BCUT2D eigenvalue weighted by molar-refractivity contribution is 7.18. The van der Waals surface area contributed by atoms with Crippen LogP contribution in [0.25, 0.3) is 10.2 Å². The van der Waals surface area contributed by atoms with Gasteiger partial charge in [-0.05, 0) is 12.5 Å². The number of hydrogen-bond acceptors (Lipinski definition) is 4. The lowest BCUT2D eigenvalue weighted by Crippen LogP contribution is -2.25. The number of terminal acetylenes is 1. The summed E-state index contributed by atoms with van der Waals surface area (Å²) in [5.74, 6) is 3.21. The van der Waals surface area contributed by atoms with Gasteiger partial charge in [-0.15, -0.1) is 17.8 Å². The van der Waals surface area contributed by atoms with Crippen molar-refractivity contribution in [3.05, 3.63) is 27.1 Å². The lowest BCUT2D eigenvalue weighted by atomic mass is 10.3. The number of rotatable bonds is 5. The zero-order valence-electron chi connectivity index (χ0n) is 11.1. The standard InChI is InChI=1S/C14H16N2O2S/c1-4-7-16-12(6-8-18-3)15-13-11(14(16)17)9-10(5-2)19-13/h1,9H,5-8H2,2-3H3. The van der Waals surface area contributed by atoms with Gasteiger partial charge in [-0.1, -0.05) is 12.8 Å². The Hall–Kier alpha value is -1.64. The van der Waals surface area contributed by atoms with Gasteiger partial charge in [0.15, 0.2) is 0 Å². The van der Waals surface area contributed by atoms with Gasteiger partial charge in [-0.2, -0.15) is 0 Å². The highest BCUT2D eigenvalue weighted by atomic mass is 32.1. The van der Waals surface area contributed by atoms with E-state index in [-0.39, 0.29) is 12.1 Å². The molecule has 0 aromatic carbocycles.